The van der Waals surface area contributed by atoms with Crippen LogP contribution in [0.4, 0.5) is 21.6 Å². The Balaban J connectivity index is 0.834. The summed E-state index contributed by atoms with van der Waals surface area (Å²) in [5.74, 6) is -0.925. The molecule has 1 unspecified atom stereocenters. The lowest BCUT2D eigenvalue weighted by Gasteiger charge is -2.35. The number of aromatic nitrogens is 3. The Hall–Kier alpha value is -6.09. The van der Waals surface area contributed by atoms with E-state index in [1.165, 1.54) is 29.4 Å². The number of rotatable bonds is 29. The number of ether oxygens (including phenoxy) is 3. The van der Waals surface area contributed by atoms with Crippen LogP contribution in [0, 0.1) is 18.2 Å². The normalized spacial score (nSPS) is 15.1. The van der Waals surface area contributed by atoms with Crippen LogP contribution >= 0.6 is 22.9 Å². The topological polar surface area (TPSA) is 209 Å². The molecule has 6 rings (SSSR count). The van der Waals surface area contributed by atoms with Crippen molar-refractivity contribution in [1.82, 2.24) is 35.4 Å². The van der Waals surface area contributed by atoms with Crippen LogP contribution in [0.2, 0.25) is 5.02 Å². The lowest BCUT2D eigenvalue weighted by atomic mass is 9.85. The van der Waals surface area contributed by atoms with E-state index in [1.807, 2.05) is 76.5 Å². The fourth-order valence-electron chi connectivity index (χ4n) is 8.44. The molecule has 0 bridgehead atoms. The van der Waals surface area contributed by atoms with Crippen LogP contribution in [0.25, 0.3) is 21.3 Å². The monoisotopic (exact) mass is 1090 g/mol. The van der Waals surface area contributed by atoms with Gasteiger partial charge in [-0.3, -0.25) is 19.2 Å². The number of hydrogen-bond donors (Lipinski definition) is 5. The number of likely N-dealkylation sites (N-methyl/N-ethyl adjacent to an activating group) is 1. The third kappa shape index (κ3) is 18.3. The fraction of sp³-hybridized carbons (Fsp3) is 0.482. The van der Waals surface area contributed by atoms with Crippen molar-refractivity contribution in [2.24, 2.45) is 5.41 Å². The summed E-state index contributed by atoms with van der Waals surface area (Å²) in [4.78, 5) is 71.1. The number of thiazole rings is 1. The third-order valence-electron chi connectivity index (χ3n) is 12.6. The van der Waals surface area contributed by atoms with Crippen LogP contribution in [-0.2, 0) is 35.2 Å². The number of likely N-dealkylation sites (tertiary alicyclic amines) is 1. The maximum absolute atomic E-state index is 14.0. The van der Waals surface area contributed by atoms with E-state index in [1.54, 1.807) is 35.6 Å². The van der Waals surface area contributed by atoms with Gasteiger partial charge in [0.15, 0.2) is 0 Å². The predicted molar refractivity (Wildman–Crippen MR) is 296 cm³/mol. The maximum Gasteiger partial charge on any atom is 0.248 e. The zero-order chi connectivity index (χ0) is 54.6. The summed E-state index contributed by atoms with van der Waals surface area (Å²) in [6, 6.07) is 14.0. The molecule has 1 fully saturated rings. The van der Waals surface area contributed by atoms with Gasteiger partial charge in [-0.1, -0.05) is 69.1 Å². The molecule has 3 aromatic carbocycles. The molecule has 17 nitrogen and oxygen atoms in total. The van der Waals surface area contributed by atoms with Crippen molar-refractivity contribution < 1.29 is 42.9 Å². The minimum absolute atomic E-state index is 0.0146. The van der Waals surface area contributed by atoms with E-state index >= 15 is 0 Å². The number of β-amino-alcohol motifs (C(OH)–C–C–N with tert-alkyl or cyclic N) is 1. The van der Waals surface area contributed by atoms with Crippen molar-refractivity contribution in [2.75, 3.05) is 70.9 Å². The number of amides is 4. The van der Waals surface area contributed by atoms with E-state index in [0.717, 1.165) is 53.8 Å². The number of nitrogens with one attached hydrogen (secondary N) is 4. The molecule has 410 valence electrons. The Morgan fingerprint density at radius 2 is 1.62 bits per heavy atom. The number of unbranched alkanes of at least 4 members (excludes halogenated alkanes) is 4. The van der Waals surface area contributed by atoms with Gasteiger partial charge in [0.05, 0.1) is 45.0 Å². The van der Waals surface area contributed by atoms with Gasteiger partial charge in [-0.25, -0.2) is 19.3 Å². The van der Waals surface area contributed by atoms with Gasteiger partial charge >= 0.3 is 0 Å². The van der Waals surface area contributed by atoms with Crippen molar-refractivity contribution in [1.29, 1.82) is 0 Å². The molecule has 0 radical (unpaired) electrons. The van der Waals surface area contributed by atoms with Crippen molar-refractivity contribution in [3.63, 3.8) is 0 Å². The predicted octanol–water partition coefficient (Wildman–Crippen LogP) is 9.00. The summed E-state index contributed by atoms with van der Waals surface area (Å²) in [5, 5.41) is 23.1. The molecule has 3 atom stereocenters. The van der Waals surface area contributed by atoms with Crippen LogP contribution in [0.5, 0.6) is 5.75 Å². The van der Waals surface area contributed by atoms with E-state index < -0.39 is 29.4 Å². The second-order valence-electron chi connectivity index (χ2n) is 20.2. The maximum atomic E-state index is 14.0. The molecule has 20 heteroatoms. The molecule has 5 aromatic rings. The molecule has 5 N–H and O–H groups in total. The molecule has 0 saturated carbocycles. The summed E-state index contributed by atoms with van der Waals surface area (Å²) < 4.78 is 31.7. The van der Waals surface area contributed by atoms with Gasteiger partial charge in [0.2, 0.25) is 23.6 Å². The fourth-order valence-corrected chi connectivity index (χ4v) is 9.43. The minimum Gasteiger partial charge on any atom is -0.491 e. The van der Waals surface area contributed by atoms with Gasteiger partial charge in [0.1, 0.15) is 35.8 Å². The number of aliphatic hydroxyl groups excluding tert-OH is 1. The van der Waals surface area contributed by atoms with Crippen molar-refractivity contribution in [3.8, 4) is 16.2 Å². The van der Waals surface area contributed by atoms with Crippen LogP contribution in [0.1, 0.15) is 89.8 Å². The summed E-state index contributed by atoms with van der Waals surface area (Å²) in [6.07, 6.45) is 9.58. The van der Waals surface area contributed by atoms with Crippen molar-refractivity contribution in [3.05, 3.63) is 101 Å². The SMILES string of the molecule is Cc1ncsc1-c1ccc(CNC(=O)[C@@H]2C[C@@H](O)CN2C(=O)C(NC(=O)CCCCCOCCCCOCCCCOc2cc3ncnc(Nc4ccc(F)c(Cl)c4)c3cc2NC(=O)/C=C/CN(C)C)C(C)(C)C)cc1. The molecule has 0 spiro atoms. The Morgan fingerprint density at radius 3 is 2.28 bits per heavy atom. The standard InChI is InChI=1S/C56H73ClFN9O8S/c1-37-51(76-36-62-37)39-19-17-38(18-20-39)33-59-54(71)47-30-41(68)34-67(47)55(72)52(56(2,3)4)65-50(70)15-8-7-9-24-73-25-10-11-26-74-27-12-13-28-75-48-32-45-42(31-46(48)64-49(69)16-14-23-66(5)6)53(61-35-60-45)63-40-21-22-44(58)43(57)29-40/h14,16-22,29,31-32,35-36,41,47,52,68H,7-13,15,23-28,30,33-34H2,1-6H3,(H,59,71)(H,64,69)(H,65,70)(H,60,61,63)/b16-14+/t41-,47+,52?/m1/s1. The molecular weight excluding hydrogens is 1010 g/mol. The number of benzene rings is 3. The van der Waals surface area contributed by atoms with Crippen LogP contribution in [0.3, 0.4) is 0 Å². The molecule has 4 amide bonds. The van der Waals surface area contributed by atoms with Crippen molar-refractivity contribution >= 4 is 74.7 Å². The van der Waals surface area contributed by atoms with Gasteiger partial charge in [0, 0.05) is 82.1 Å². The average molecular weight is 1090 g/mol. The number of halogens is 2. The number of aryl methyl sites for hydroxylation is 1. The Bertz CT molecular complexity index is 2740. The summed E-state index contributed by atoms with van der Waals surface area (Å²) in [7, 11) is 3.83. The lowest BCUT2D eigenvalue weighted by Crippen LogP contribution is -2.57. The highest BCUT2D eigenvalue weighted by Crippen LogP contribution is 2.35. The molecule has 1 saturated heterocycles. The number of fused-ring (bicyclic) bond motifs is 1. The highest BCUT2D eigenvalue weighted by Gasteiger charge is 2.44. The van der Waals surface area contributed by atoms with Crippen LogP contribution in [-0.4, -0.2) is 132 Å². The zero-order valence-corrected chi connectivity index (χ0v) is 46.0. The second kappa shape index (κ2) is 29.4. The number of hydrogen-bond acceptors (Lipinski definition) is 14. The third-order valence-corrected chi connectivity index (χ3v) is 13.9. The van der Waals surface area contributed by atoms with E-state index in [4.69, 9.17) is 25.8 Å². The minimum atomic E-state index is -0.879. The second-order valence-corrected chi connectivity index (χ2v) is 21.5. The number of carbonyl (C=O) groups excluding carboxylic acids is 4. The Morgan fingerprint density at radius 1 is 0.921 bits per heavy atom. The quantitative estimate of drug-likeness (QED) is 0.0224. The Kier molecular flexibility index (Phi) is 22.9. The first-order chi connectivity index (χ1) is 36.5. The highest BCUT2D eigenvalue weighted by atomic mass is 35.5. The van der Waals surface area contributed by atoms with E-state index in [0.29, 0.717) is 86.3 Å². The summed E-state index contributed by atoms with van der Waals surface area (Å²) in [5.41, 5.74) is 5.66. The van der Waals surface area contributed by atoms with E-state index in [9.17, 15) is 28.7 Å². The molecule has 76 heavy (non-hydrogen) atoms. The number of aliphatic hydroxyl groups is 1. The summed E-state index contributed by atoms with van der Waals surface area (Å²) in [6.45, 7) is 11.2. The first-order valence-electron chi connectivity index (χ1n) is 25.9. The van der Waals surface area contributed by atoms with Crippen molar-refractivity contribution in [2.45, 2.75) is 110 Å². The molecular formula is C56H73ClFN9O8S. The first-order valence-corrected chi connectivity index (χ1v) is 27.2. The van der Waals surface area contributed by atoms with Gasteiger partial charge in [-0.2, -0.15) is 0 Å². The van der Waals surface area contributed by atoms with Crippen LogP contribution in [0.15, 0.2) is 78.6 Å². The number of anilines is 3. The number of nitrogens with zero attached hydrogens (tertiary/aromatic N) is 5. The van der Waals surface area contributed by atoms with Crippen LogP contribution < -0.4 is 26.0 Å². The largest absolute Gasteiger partial charge is 0.491 e. The van der Waals surface area contributed by atoms with Gasteiger partial charge in [-0.05, 0) is 100 Å². The molecule has 0 aliphatic carbocycles. The zero-order valence-electron chi connectivity index (χ0n) is 44.5. The average Bonchev–Trinajstić information content (AvgIpc) is 4.00. The lowest BCUT2D eigenvalue weighted by molar-refractivity contribution is -0.144. The van der Waals surface area contributed by atoms with Gasteiger partial charge in [-0.15, -0.1) is 11.3 Å². The Labute approximate surface area is 454 Å². The van der Waals surface area contributed by atoms with E-state index in [2.05, 4.69) is 36.2 Å². The smallest absolute Gasteiger partial charge is 0.248 e. The molecule has 1 aliphatic rings. The molecule has 3 heterocycles. The molecule has 1 aliphatic heterocycles. The summed E-state index contributed by atoms with van der Waals surface area (Å²) >= 11 is 7.58. The first kappa shape index (κ1) is 59.2. The van der Waals surface area contributed by atoms with Gasteiger partial charge in [0.25, 0.3) is 0 Å². The molecule has 2 aromatic heterocycles. The number of carbonyl (C=O) groups is 4. The highest BCUT2D eigenvalue weighted by molar-refractivity contribution is 7.13. The van der Waals surface area contributed by atoms with Gasteiger partial charge < -0.3 is 50.4 Å². The van der Waals surface area contributed by atoms with E-state index in [-0.39, 0.29) is 54.6 Å².